The number of benzene rings is 1. The summed E-state index contributed by atoms with van der Waals surface area (Å²) in [4.78, 5) is 12.3. The highest BCUT2D eigenvalue weighted by Crippen LogP contribution is 2.36. The number of ketones is 1. The Hall–Kier alpha value is -1.19. The number of hydrogen-bond acceptors (Lipinski definition) is 3. The van der Waals surface area contributed by atoms with Crippen LogP contribution in [-0.4, -0.2) is 31.1 Å². The van der Waals surface area contributed by atoms with E-state index in [1.54, 1.807) is 0 Å². The molecule has 2 aliphatic rings. The first-order chi connectivity index (χ1) is 9.74. The van der Waals surface area contributed by atoms with E-state index in [0.29, 0.717) is 30.8 Å². The second kappa shape index (κ2) is 6.06. The summed E-state index contributed by atoms with van der Waals surface area (Å²) in [5.74, 6) is 1.03. The predicted octanol–water partition coefficient (Wildman–Crippen LogP) is 2.52. The number of nitrogens with one attached hydrogen (secondary N) is 1. The third kappa shape index (κ3) is 2.94. The van der Waals surface area contributed by atoms with Gasteiger partial charge >= 0.3 is 0 Å². The van der Waals surface area contributed by atoms with E-state index in [1.807, 2.05) is 6.07 Å². The second-order valence-electron chi connectivity index (χ2n) is 6.17. The summed E-state index contributed by atoms with van der Waals surface area (Å²) in [6.07, 6.45) is 2.65. The van der Waals surface area contributed by atoms with E-state index in [2.05, 4.69) is 36.5 Å². The third-order valence-electron chi connectivity index (χ3n) is 4.61. The van der Waals surface area contributed by atoms with Crippen LogP contribution in [0.15, 0.2) is 30.3 Å². The molecule has 4 atom stereocenters. The minimum absolute atomic E-state index is 0.108. The van der Waals surface area contributed by atoms with Crippen molar-refractivity contribution >= 4 is 5.78 Å². The maximum atomic E-state index is 12.3. The van der Waals surface area contributed by atoms with Crippen LogP contribution in [0.4, 0.5) is 0 Å². The summed E-state index contributed by atoms with van der Waals surface area (Å²) in [7, 11) is 0. The van der Waals surface area contributed by atoms with Crippen molar-refractivity contribution in [2.24, 2.45) is 5.92 Å². The molecule has 1 aliphatic heterocycles. The van der Waals surface area contributed by atoms with Crippen LogP contribution >= 0.6 is 0 Å². The van der Waals surface area contributed by atoms with E-state index in [9.17, 15) is 4.79 Å². The number of hydrogen-bond donors (Lipinski definition) is 1. The van der Waals surface area contributed by atoms with Gasteiger partial charge in [-0.05, 0) is 31.2 Å². The fourth-order valence-corrected chi connectivity index (χ4v) is 3.54. The van der Waals surface area contributed by atoms with Gasteiger partial charge in [0.25, 0.3) is 0 Å². The van der Waals surface area contributed by atoms with E-state index in [4.69, 9.17) is 4.74 Å². The Labute approximate surface area is 120 Å². The van der Waals surface area contributed by atoms with Crippen LogP contribution in [0, 0.1) is 5.92 Å². The monoisotopic (exact) mass is 273 g/mol. The SMILES string of the molecule is CC1COCC(C2CC(c3ccccc3)CCC2=O)N1. The zero-order valence-electron chi connectivity index (χ0n) is 12.0. The van der Waals surface area contributed by atoms with Crippen LogP contribution in [-0.2, 0) is 9.53 Å². The molecule has 1 saturated carbocycles. The number of Topliss-reactive ketones (excluding diaryl/α,β-unsaturated/α-hetero) is 1. The van der Waals surface area contributed by atoms with Gasteiger partial charge in [-0.25, -0.2) is 0 Å². The molecular weight excluding hydrogens is 250 g/mol. The number of morpholine rings is 1. The van der Waals surface area contributed by atoms with Crippen molar-refractivity contribution in [3.05, 3.63) is 35.9 Å². The van der Waals surface area contributed by atoms with Gasteiger partial charge in [0, 0.05) is 24.4 Å². The fourth-order valence-electron chi connectivity index (χ4n) is 3.54. The van der Waals surface area contributed by atoms with Crippen LogP contribution < -0.4 is 5.32 Å². The Kier molecular flexibility index (Phi) is 4.18. The summed E-state index contributed by atoms with van der Waals surface area (Å²) < 4.78 is 5.62. The Bertz CT molecular complexity index is 459. The largest absolute Gasteiger partial charge is 0.378 e. The Balaban J connectivity index is 1.72. The molecule has 1 aliphatic carbocycles. The maximum absolute atomic E-state index is 12.3. The second-order valence-corrected chi connectivity index (χ2v) is 6.17. The van der Waals surface area contributed by atoms with Crippen LogP contribution in [0.2, 0.25) is 0 Å². The van der Waals surface area contributed by atoms with E-state index < -0.39 is 0 Å². The summed E-state index contributed by atoms with van der Waals surface area (Å²) in [6.45, 7) is 3.54. The quantitative estimate of drug-likeness (QED) is 0.900. The molecule has 108 valence electrons. The van der Waals surface area contributed by atoms with Gasteiger partial charge in [-0.3, -0.25) is 4.79 Å². The van der Waals surface area contributed by atoms with Gasteiger partial charge in [-0.2, -0.15) is 0 Å². The molecule has 3 nitrogen and oxygen atoms in total. The molecule has 1 aromatic rings. The van der Waals surface area contributed by atoms with Gasteiger partial charge in [-0.1, -0.05) is 30.3 Å². The highest BCUT2D eigenvalue weighted by Gasteiger charge is 2.36. The van der Waals surface area contributed by atoms with Crippen molar-refractivity contribution in [3.63, 3.8) is 0 Å². The lowest BCUT2D eigenvalue weighted by atomic mass is 9.74. The molecule has 3 rings (SSSR count). The molecule has 1 aromatic carbocycles. The minimum atomic E-state index is 0.108. The first-order valence-corrected chi connectivity index (χ1v) is 7.65. The zero-order valence-corrected chi connectivity index (χ0v) is 12.0. The molecule has 20 heavy (non-hydrogen) atoms. The number of carbonyl (C=O) groups is 1. The molecule has 0 amide bonds. The summed E-state index contributed by atoms with van der Waals surface area (Å²) in [5.41, 5.74) is 1.37. The normalized spacial score (nSPS) is 35.0. The Morgan fingerprint density at radius 3 is 2.75 bits per heavy atom. The lowest BCUT2D eigenvalue weighted by Crippen LogP contribution is -2.53. The lowest BCUT2D eigenvalue weighted by molar-refractivity contribution is -0.127. The standard InChI is InChI=1S/C17H23NO2/c1-12-10-20-11-16(18-12)15-9-14(7-8-17(15)19)13-5-3-2-4-6-13/h2-6,12,14-16,18H,7-11H2,1H3. The maximum Gasteiger partial charge on any atom is 0.137 e. The van der Waals surface area contributed by atoms with Crippen LogP contribution in [0.5, 0.6) is 0 Å². The van der Waals surface area contributed by atoms with Gasteiger partial charge in [0.1, 0.15) is 5.78 Å². The number of ether oxygens (including phenoxy) is 1. The first-order valence-electron chi connectivity index (χ1n) is 7.65. The van der Waals surface area contributed by atoms with E-state index in [1.165, 1.54) is 5.56 Å². The van der Waals surface area contributed by atoms with Crippen molar-refractivity contribution in [1.82, 2.24) is 5.32 Å². The minimum Gasteiger partial charge on any atom is -0.378 e. The number of carbonyl (C=O) groups excluding carboxylic acids is 1. The number of rotatable bonds is 2. The molecule has 1 N–H and O–H groups in total. The van der Waals surface area contributed by atoms with Gasteiger partial charge in [-0.15, -0.1) is 0 Å². The molecule has 0 aromatic heterocycles. The van der Waals surface area contributed by atoms with E-state index >= 15 is 0 Å². The van der Waals surface area contributed by atoms with Crippen LogP contribution in [0.25, 0.3) is 0 Å². The van der Waals surface area contributed by atoms with Crippen LogP contribution in [0.1, 0.15) is 37.7 Å². The van der Waals surface area contributed by atoms with E-state index in [0.717, 1.165) is 19.4 Å². The highest BCUT2D eigenvalue weighted by atomic mass is 16.5. The lowest BCUT2D eigenvalue weighted by Gasteiger charge is -2.38. The van der Waals surface area contributed by atoms with Gasteiger partial charge in [0.15, 0.2) is 0 Å². The van der Waals surface area contributed by atoms with Crippen molar-refractivity contribution in [2.75, 3.05) is 13.2 Å². The zero-order chi connectivity index (χ0) is 13.9. The highest BCUT2D eigenvalue weighted by molar-refractivity contribution is 5.82. The van der Waals surface area contributed by atoms with Gasteiger partial charge < -0.3 is 10.1 Å². The Morgan fingerprint density at radius 2 is 2.00 bits per heavy atom. The van der Waals surface area contributed by atoms with E-state index in [-0.39, 0.29) is 12.0 Å². The first kappa shape index (κ1) is 13.8. The summed E-state index contributed by atoms with van der Waals surface area (Å²) in [5, 5.41) is 3.54. The van der Waals surface area contributed by atoms with Crippen molar-refractivity contribution in [2.45, 2.75) is 44.2 Å². The molecule has 1 saturated heterocycles. The Morgan fingerprint density at radius 1 is 1.20 bits per heavy atom. The smallest absolute Gasteiger partial charge is 0.137 e. The molecule has 0 bridgehead atoms. The topological polar surface area (TPSA) is 38.3 Å². The summed E-state index contributed by atoms with van der Waals surface area (Å²) >= 11 is 0. The molecule has 3 heteroatoms. The molecule has 0 spiro atoms. The van der Waals surface area contributed by atoms with Crippen molar-refractivity contribution in [1.29, 1.82) is 0 Å². The van der Waals surface area contributed by atoms with Gasteiger partial charge in [0.2, 0.25) is 0 Å². The van der Waals surface area contributed by atoms with Crippen LogP contribution in [0.3, 0.4) is 0 Å². The molecule has 0 radical (unpaired) electrons. The van der Waals surface area contributed by atoms with Crippen molar-refractivity contribution in [3.8, 4) is 0 Å². The average molecular weight is 273 g/mol. The predicted molar refractivity (Wildman–Crippen MR) is 78.7 cm³/mol. The average Bonchev–Trinajstić information content (AvgIpc) is 2.48. The van der Waals surface area contributed by atoms with Gasteiger partial charge in [0.05, 0.1) is 13.2 Å². The van der Waals surface area contributed by atoms with Crippen molar-refractivity contribution < 1.29 is 9.53 Å². The molecule has 2 fully saturated rings. The third-order valence-corrected chi connectivity index (χ3v) is 4.61. The molecular formula is C17H23NO2. The fraction of sp³-hybridized carbons (Fsp3) is 0.588. The summed E-state index contributed by atoms with van der Waals surface area (Å²) in [6, 6.07) is 11.1. The molecule has 4 unspecified atom stereocenters. The molecule has 1 heterocycles.